The minimum atomic E-state index is -0.530. The van der Waals surface area contributed by atoms with Crippen LogP contribution in [-0.4, -0.2) is 47.0 Å². The van der Waals surface area contributed by atoms with Crippen molar-refractivity contribution in [1.29, 1.82) is 0 Å². The number of nitrogens with one attached hydrogen (secondary N) is 2. The van der Waals surface area contributed by atoms with Crippen molar-refractivity contribution >= 4 is 45.0 Å². The third-order valence-corrected chi connectivity index (χ3v) is 6.35. The van der Waals surface area contributed by atoms with E-state index in [2.05, 4.69) is 10.6 Å². The van der Waals surface area contributed by atoms with E-state index in [1.165, 1.54) is 28.5 Å². The summed E-state index contributed by atoms with van der Waals surface area (Å²) in [5.74, 6) is 0.368. The fourth-order valence-corrected chi connectivity index (χ4v) is 4.87. The zero-order valence-corrected chi connectivity index (χ0v) is 19.8. The molecule has 2 atom stereocenters. The Kier molecular flexibility index (Phi) is 13.5. The summed E-state index contributed by atoms with van der Waals surface area (Å²) in [5.41, 5.74) is 0. The molecule has 0 aliphatic rings. The van der Waals surface area contributed by atoms with Crippen LogP contribution in [0.4, 0.5) is 0 Å². The van der Waals surface area contributed by atoms with Crippen LogP contribution < -0.4 is 10.6 Å². The van der Waals surface area contributed by atoms with Crippen molar-refractivity contribution in [3.63, 3.8) is 0 Å². The van der Waals surface area contributed by atoms with E-state index >= 15 is 0 Å². The van der Waals surface area contributed by atoms with E-state index in [1.54, 1.807) is 0 Å². The first kappa shape index (κ1) is 27.0. The maximum Gasteiger partial charge on any atom is 0.224 e. The minimum absolute atomic E-state index is 0.0135. The van der Waals surface area contributed by atoms with Gasteiger partial charge in [-0.3, -0.25) is 19.2 Å². The lowest BCUT2D eigenvalue weighted by molar-refractivity contribution is -0.130. The fourth-order valence-electron chi connectivity index (χ4n) is 2.36. The smallest absolute Gasteiger partial charge is 0.224 e. The van der Waals surface area contributed by atoms with Crippen LogP contribution in [0.5, 0.6) is 0 Å². The number of hydrogen-bond acceptors (Lipinski definition) is 6. The summed E-state index contributed by atoms with van der Waals surface area (Å²) in [5, 5.41) is 5.59. The highest BCUT2D eigenvalue weighted by atomic mass is 33.1. The van der Waals surface area contributed by atoms with E-state index in [1.807, 2.05) is 41.5 Å². The molecular formula is C20H36N2O4S2. The van der Waals surface area contributed by atoms with Gasteiger partial charge in [0, 0.05) is 43.2 Å². The molecule has 0 aromatic rings. The quantitative estimate of drug-likeness (QED) is 0.323. The van der Waals surface area contributed by atoms with Crippen molar-refractivity contribution in [2.24, 2.45) is 17.8 Å². The summed E-state index contributed by atoms with van der Waals surface area (Å²) in [6.07, 6.45) is 0.629. The largest absolute Gasteiger partial charge is 0.354 e. The molecule has 2 amide bonds. The van der Waals surface area contributed by atoms with Crippen LogP contribution in [0.3, 0.4) is 0 Å². The van der Waals surface area contributed by atoms with Crippen LogP contribution in [0, 0.1) is 17.8 Å². The highest BCUT2D eigenvalue weighted by Gasteiger charge is 2.25. The molecule has 8 heteroatoms. The van der Waals surface area contributed by atoms with Crippen molar-refractivity contribution < 1.29 is 19.2 Å². The second-order valence-corrected chi connectivity index (χ2v) is 10.6. The van der Waals surface area contributed by atoms with Crippen LogP contribution in [0.15, 0.2) is 0 Å². The van der Waals surface area contributed by atoms with Crippen LogP contribution >= 0.6 is 21.6 Å². The highest BCUT2D eigenvalue weighted by molar-refractivity contribution is 8.76. The molecule has 0 aliphatic carbocycles. The highest BCUT2D eigenvalue weighted by Crippen LogP contribution is 2.27. The van der Waals surface area contributed by atoms with Gasteiger partial charge in [-0.15, -0.1) is 0 Å². The van der Waals surface area contributed by atoms with E-state index in [9.17, 15) is 19.2 Å². The van der Waals surface area contributed by atoms with E-state index in [0.717, 1.165) is 0 Å². The van der Waals surface area contributed by atoms with Crippen molar-refractivity contribution in [2.45, 2.75) is 73.4 Å². The van der Waals surface area contributed by atoms with Gasteiger partial charge in [0.15, 0.2) is 5.78 Å². The number of carbonyl (C=O) groups excluding carboxylic acids is 4. The molecular weight excluding hydrogens is 396 g/mol. The van der Waals surface area contributed by atoms with E-state index in [-0.39, 0.29) is 47.7 Å². The third-order valence-electron chi connectivity index (χ3n) is 3.86. The monoisotopic (exact) mass is 432 g/mol. The molecule has 28 heavy (non-hydrogen) atoms. The average Bonchev–Trinajstić information content (AvgIpc) is 2.54. The van der Waals surface area contributed by atoms with Gasteiger partial charge in [0.1, 0.15) is 5.78 Å². The zero-order chi connectivity index (χ0) is 21.9. The van der Waals surface area contributed by atoms with Crippen molar-refractivity contribution in [1.82, 2.24) is 10.6 Å². The Bertz CT molecular complexity index is 536. The zero-order valence-electron chi connectivity index (χ0n) is 18.2. The first-order chi connectivity index (χ1) is 12.9. The summed E-state index contributed by atoms with van der Waals surface area (Å²) in [6, 6.07) is -0.516. The Morgan fingerprint density at radius 3 is 1.82 bits per heavy atom. The summed E-state index contributed by atoms with van der Waals surface area (Å²) in [4.78, 5) is 48.2. The lowest BCUT2D eigenvalue weighted by Crippen LogP contribution is -2.42. The fraction of sp³-hybridized carbons (Fsp3) is 0.800. The van der Waals surface area contributed by atoms with Gasteiger partial charge in [-0.2, -0.15) is 0 Å². The van der Waals surface area contributed by atoms with Crippen molar-refractivity contribution in [3.8, 4) is 0 Å². The Hall–Kier alpha value is -1.02. The third kappa shape index (κ3) is 12.4. The van der Waals surface area contributed by atoms with Gasteiger partial charge in [0.05, 0.1) is 12.0 Å². The number of carbonyl (C=O) groups is 4. The molecule has 2 N–H and O–H groups in total. The minimum Gasteiger partial charge on any atom is -0.354 e. The van der Waals surface area contributed by atoms with Crippen molar-refractivity contribution in [3.05, 3.63) is 0 Å². The second kappa shape index (κ2) is 14.0. The summed E-state index contributed by atoms with van der Waals surface area (Å²) >= 11 is 0. The lowest BCUT2D eigenvalue weighted by atomic mass is 9.97. The Labute approximate surface area is 177 Å². The molecule has 0 aromatic carbocycles. The maximum absolute atomic E-state index is 12.4. The first-order valence-electron chi connectivity index (χ1n) is 9.81. The summed E-state index contributed by atoms with van der Waals surface area (Å²) in [6.45, 7) is 12.8. The molecule has 0 rings (SSSR count). The van der Waals surface area contributed by atoms with E-state index < -0.39 is 12.0 Å². The van der Waals surface area contributed by atoms with Gasteiger partial charge >= 0.3 is 0 Å². The molecule has 0 radical (unpaired) electrons. The van der Waals surface area contributed by atoms with Gasteiger partial charge in [0.2, 0.25) is 11.8 Å². The molecule has 0 bridgehead atoms. The number of ketones is 2. The average molecular weight is 433 g/mol. The molecule has 0 spiro atoms. The molecule has 0 aromatic heterocycles. The van der Waals surface area contributed by atoms with Crippen molar-refractivity contribution in [2.75, 3.05) is 11.5 Å². The predicted octanol–water partition coefficient (Wildman–Crippen LogP) is 3.24. The SMILES string of the molecule is CC(=O)N[C@@H](CSSC[C@H](CC(=O)C(C)C)C(=O)NC(C)C)C(=O)CC(C)C. The normalized spacial score (nSPS) is 13.5. The van der Waals surface area contributed by atoms with Crippen LogP contribution in [-0.2, 0) is 19.2 Å². The molecule has 0 heterocycles. The van der Waals surface area contributed by atoms with Gasteiger partial charge in [-0.25, -0.2) is 0 Å². The molecule has 0 fully saturated rings. The Balaban J connectivity index is 4.76. The predicted molar refractivity (Wildman–Crippen MR) is 118 cm³/mol. The standard InChI is InChI=1S/C20H36N2O4S2/c1-12(2)8-19(25)17(22-15(7)23)11-28-27-10-16(9-18(24)13(3)4)20(26)21-14(5)6/h12-14,16-17H,8-11H2,1-7H3,(H,21,26)(H,22,23)/t16-,17-/m0/s1. The molecule has 0 unspecified atom stereocenters. The Morgan fingerprint density at radius 1 is 0.786 bits per heavy atom. The topological polar surface area (TPSA) is 92.3 Å². The van der Waals surface area contributed by atoms with Crippen LogP contribution in [0.25, 0.3) is 0 Å². The van der Waals surface area contributed by atoms with Gasteiger partial charge in [-0.05, 0) is 19.8 Å². The van der Waals surface area contributed by atoms with E-state index in [4.69, 9.17) is 0 Å². The maximum atomic E-state index is 12.4. The number of amides is 2. The Morgan fingerprint density at radius 2 is 1.36 bits per heavy atom. The second-order valence-electron chi connectivity index (χ2n) is 8.07. The van der Waals surface area contributed by atoms with Crippen LogP contribution in [0.1, 0.15) is 61.3 Å². The summed E-state index contributed by atoms with van der Waals surface area (Å²) < 4.78 is 0. The molecule has 0 saturated heterocycles. The summed E-state index contributed by atoms with van der Waals surface area (Å²) in [7, 11) is 2.91. The van der Waals surface area contributed by atoms with Gasteiger partial charge < -0.3 is 10.6 Å². The number of rotatable bonds is 14. The van der Waals surface area contributed by atoms with Gasteiger partial charge in [-0.1, -0.05) is 49.3 Å². The lowest BCUT2D eigenvalue weighted by Gasteiger charge is -2.20. The van der Waals surface area contributed by atoms with E-state index in [0.29, 0.717) is 17.9 Å². The molecule has 0 aliphatic heterocycles. The molecule has 0 saturated carbocycles. The molecule has 6 nitrogen and oxygen atoms in total. The molecule has 162 valence electrons. The van der Waals surface area contributed by atoms with Gasteiger partial charge in [0.25, 0.3) is 0 Å². The first-order valence-corrected chi connectivity index (χ1v) is 12.3. The number of hydrogen-bond donors (Lipinski definition) is 2. The number of Topliss-reactive ketones (excluding diaryl/α,β-unsaturated/α-hetero) is 2. The van der Waals surface area contributed by atoms with Crippen LogP contribution in [0.2, 0.25) is 0 Å².